The summed E-state index contributed by atoms with van der Waals surface area (Å²) in [5.41, 5.74) is -1.81. The maximum Gasteiger partial charge on any atom is 0.417 e. The maximum absolute atomic E-state index is 12.8. The lowest BCUT2D eigenvalue weighted by Gasteiger charge is -2.38. The number of phenols is 1. The van der Waals surface area contributed by atoms with Crippen LogP contribution in [0.15, 0.2) is 18.2 Å². The number of aromatic hydroxyl groups is 1. The average molecular weight is 246 g/mol. The lowest BCUT2D eigenvalue weighted by Crippen LogP contribution is -2.50. The Labute approximate surface area is 96.7 Å². The van der Waals surface area contributed by atoms with Crippen molar-refractivity contribution in [2.24, 2.45) is 0 Å². The average Bonchev–Trinajstić information content (AvgIpc) is 2.14. The topological polar surface area (TPSA) is 40.5 Å². The van der Waals surface area contributed by atoms with Crippen molar-refractivity contribution in [2.75, 3.05) is 0 Å². The molecule has 2 rings (SSSR count). The summed E-state index contributed by atoms with van der Waals surface area (Å²) in [5, 5.41) is 19.3. The molecule has 0 aromatic heterocycles. The molecule has 1 aliphatic carbocycles. The van der Waals surface area contributed by atoms with Gasteiger partial charge in [-0.1, -0.05) is 19.1 Å². The molecule has 0 fully saturated rings. The largest absolute Gasteiger partial charge is 0.508 e. The van der Waals surface area contributed by atoms with Crippen LogP contribution in [0.4, 0.5) is 13.2 Å². The molecule has 5 heteroatoms. The molecule has 0 saturated carbocycles. The van der Waals surface area contributed by atoms with E-state index in [0.29, 0.717) is 11.1 Å². The molecule has 0 radical (unpaired) electrons. The van der Waals surface area contributed by atoms with Gasteiger partial charge in [-0.05, 0) is 24.0 Å². The normalized spacial score (nSPS) is 28.9. The first-order chi connectivity index (χ1) is 7.74. The molecule has 0 aliphatic heterocycles. The maximum atomic E-state index is 12.8. The van der Waals surface area contributed by atoms with Crippen molar-refractivity contribution in [2.45, 2.75) is 37.5 Å². The van der Waals surface area contributed by atoms with Crippen molar-refractivity contribution in [3.8, 4) is 5.75 Å². The minimum atomic E-state index is -4.65. The number of benzene rings is 1. The SMILES string of the molecule is CC1CC(O)(C(F)(F)F)Cc2cccc(O)c21. The van der Waals surface area contributed by atoms with E-state index in [1.54, 1.807) is 6.92 Å². The van der Waals surface area contributed by atoms with Crippen molar-refractivity contribution in [1.82, 2.24) is 0 Å². The van der Waals surface area contributed by atoms with E-state index in [1.807, 2.05) is 0 Å². The minimum absolute atomic E-state index is 0.000718. The zero-order valence-corrected chi connectivity index (χ0v) is 9.25. The van der Waals surface area contributed by atoms with Gasteiger partial charge in [-0.3, -0.25) is 0 Å². The molecule has 1 aliphatic rings. The number of alkyl halides is 3. The first kappa shape index (κ1) is 12.2. The molecular weight excluding hydrogens is 233 g/mol. The smallest absolute Gasteiger partial charge is 0.417 e. The van der Waals surface area contributed by atoms with Gasteiger partial charge in [0.05, 0.1) is 0 Å². The predicted molar refractivity (Wildman–Crippen MR) is 55.8 cm³/mol. The highest BCUT2D eigenvalue weighted by Gasteiger charge is 2.56. The number of aliphatic hydroxyl groups is 1. The van der Waals surface area contributed by atoms with Gasteiger partial charge in [0.15, 0.2) is 5.60 Å². The van der Waals surface area contributed by atoms with Crippen LogP contribution in [0.3, 0.4) is 0 Å². The zero-order valence-electron chi connectivity index (χ0n) is 9.25. The molecule has 0 heterocycles. The molecule has 1 aromatic rings. The fourth-order valence-corrected chi connectivity index (χ4v) is 2.53. The molecule has 2 N–H and O–H groups in total. The van der Waals surface area contributed by atoms with Crippen LogP contribution in [-0.4, -0.2) is 22.0 Å². The quantitative estimate of drug-likeness (QED) is 0.739. The lowest BCUT2D eigenvalue weighted by atomic mass is 9.74. The Morgan fingerprint density at radius 3 is 2.59 bits per heavy atom. The Balaban J connectivity index is 2.47. The molecule has 0 saturated heterocycles. The van der Waals surface area contributed by atoms with Crippen molar-refractivity contribution in [1.29, 1.82) is 0 Å². The number of fused-ring (bicyclic) bond motifs is 1. The molecule has 1 aromatic carbocycles. The first-order valence-corrected chi connectivity index (χ1v) is 5.34. The predicted octanol–water partition coefficient (Wildman–Crippen LogP) is 2.74. The van der Waals surface area contributed by atoms with E-state index in [-0.39, 0.29) is 5.75 Å². The monoisotopic (exact) mass is 246 g/mol. The van der Waals surface area contributed by atoms with E-state index < -0.39 is 30.5 Å². The van der Waals surface area contributed by atoms with Crippen LogP contribution in [0.5, 0.6) is 5.75 Å². The standard InChI is InChI=1S/C12H13F3O2/c1-7-5-11(17,12(13,14)15)6-8-3-2-4-9(16)10(7)8/h2-4,7,16-17H,5-6H2,1H3. The van der Waals surface area contributed by atoms with E-state index in [0.717, 1.165) is 0 Å². The van der Waals surface area contributed by atoms with E-state index >= 15 is 0 Å². The van der Waals surface area contributed by atoms with Crippen LogP contribution in [0.2, 0.25) is 0 Å². The number of rotatable bonds is 0. The van der Waals surface area contributed by atoms with E-state index in [9.17, 15) is 23.4 Å². The van der Waals surface area contributed by atoms with Crippen LogP contribution in [0, 0.1) is 0 Å². The zero-order chi connectivity index (χ0) is 12.8. The van der Waals surface area contributed by atoms with Crippen LogP contribution >= 0.6 is 0 Å². The van der Waals surface area contributed by atoms with E-state index in [1.165, 1.54) is 18.2 Å². The van der Waals surface area contributed by atoms with Crippen molar-refractivity contribution < 1.29 is 23.4 Å². The summed E-state index contributed by atoms with van der Waals surface area (Å²) in [7, 11) is 0. The Morgan fingerprint density at radius 1 is 1.35 bits per heavy atom. The van der Waals surface area contributed by atoms with Gasteiger partial charge >= 0.3 is 6.18 Å². The highest BCUT2D eigenvalue weighted by molar-refractivity contribution is 5.44. The molecule has 0 bridgehead atoms. The third kappa shape index (κ3) is 1.88. The fraction of sp³-hybridized carbons (Fsp3) is 0.500. The molecule has 0 amide bonds. The molecule has 2 unspecified atom stereocenters. The Morgan fingerprint density at radius 2 is 2.00 bits per heavy atom. The lowest BCUT2D eigenvalue weighted by molar-refractivity contribution is -0.265. The van der Waals surface area contributed by atoms with Gasteiger partial charge in [0.25, 0.3) is 0 Å². The minimum Gasteiger partial charge on any atom is -0.508 e. The van der Waals surface area contributed by atoms with Crippen molar-refractivity contribution in [3.05, 3.63) is 29.3 Å². The summed E-state index contributed by atoms with van der Waals surface area (Å²) >= 11 is 0. The van der Waals surface area contributed by atoms with Gasteiger partial charge in [-0.2, -0.15) is 13.2 Å². The second kappa shape index (κ2) is 3.63. The fourth-order valence-electron chi connectivity index (χ4n) is 2.53. The van der Waals surface area contributed by atoms with E-state index in [2.05, 4.69) is 0 Å². The number of phenolic OH excluding ortho intramolecular Hbond substituents is 1. The Kier molecular flexibility index (Phi) is 2.61. The highest BCUT2D eigenvalue weighted by Crippen LogP contribution is 2.47. The van der Waals surface area contributed by atoms with Gasteiger partial charge in [0.1, 0.15) is 5.75 Å². The second-order valence-corrected chi connectivity index (χ2v) is 4.66. The summed E-state index contributed by atoms with van der Waals surface area (Å²) in [6, 6.07) is 4.46. The number of halogens is 3. The van der Waals surface area contributed by atoms with Gasteiger partial charge in [0.2, 0.25) is 0 Å². The van der Waals surface area contributed by atoms with Crippen LogP contribution < -0.4 is 0 Å². The molecule has 0 spiro atoms. The number of hydrogen-bond donors (Lipinski definition) is 2. The molecule has 94 valence electrons. The summed E-state index contributed by atoms with van der Waals surface area (Å²) in [6.07, 6.45) is -5.56. The first-order valence-electron chi connectivity index (χ1n) is 5.34. The molecule has 2 atom stereocenters. The second-order valence-electron chi connectivity index (χ2n) is 4.66. The van der Waals surface area contributed by atoms with Crippen LogP contribution in [-0.2, 0) is 6.42 Å². The van der Waals surface area contributed by atoms with E-state index in [4.69, 9.17) is 0 Å². The summed E-state index contributed by atoms with van der Waals surface area (Å²) in [5.74, 6) is -0.522. The molecule has 17 heavy (non-hydrogen) atoms. The third-order valence-corrected chi connectivity index (χ3v) is 3.32. The number of hydrogen-bond acceptors (Lipinski definition) is 2. The van der Waals surface area contributed by atoms with Crippen molar-refractivity contribution in [3.63, 3.8) is 0 Å². The molecular formula is C12H13F3O2. The third-order valence-electron chi connectivity index (χ3n) is 3.32. The van der Waals surface area contributed by atoms with Crippen molar-refractivity contribution >= 4 is 0 Å². The van der Waals surface area contributed by atoms with Crippen LogP contribution in [0.25, 0.3) is 0 Å². The van der Waals surface area contributed by atoms with Gasteiger partial charge in [-0.15, -0.1) is 0 Å². The summed E-state index contributed by atoms with van der Waals surface area (Å²) in [4.78, 5) is 0. The molecule has 2 nitrogen and oxygen atoms in total. The van der Waals surface area contributed by atoms with Gasteiger partial charge < -0.3 is 10.2 Å². The summed E-state index contributed by atoms with van der Waals surface area (Å²) in [6.45, 7) is 1.58. The van der Waals surface area contributed by atoms with Gasteiger partial charge in [0, 0.05) is 12.0 Å². The Hall–Kier alpha value is -1.23. The highest BCUT2D eigenvalue weighted by atomic mass is 19.4. The van der Waals surface area contributed by atoms with Crippen LogP contribution in [0.1, 0.15) is 30.4 Å². The van der Waals surface area contributed by atoms with Gasteiger partial charge in [-0.25, -0.2) is 0 Å². The Bertz CT molecular complexity index is 442. The summed E-state index contributed by atoms with van der Waals surface area (Å²) < 4.78 is 38.3.